The van der Waals surface area contributed by atoms with Crippen molar-refractivity contribution in [1.82, 2.24) is 5.32 Å². The third kappa shape index (κ3) is 27.9. The third-order valence-corrected chi connectivity index (χ3v) is 7.35. The van der Waals surface area contributed by atoms with Crippen LogP contribution in [0, 0.1) is 0 Å². The molecular weight excluding hydrogens is 494 g/mol. The first kappa shape index (κ1) is 38.4. The maximum atomic E-state index is 12.2. The zero-order valence-electron chi connectivity index (χ0n) is 26.3. The number of unbranched alkanes of at least 4 members (excludes halogenated alkanes) is 14. The van der Waals surface area contributed by atoms with E-state index in [1.165, 1.54) is 77.0 Å². The van der Waals surface area contributed by atoms with Gasteiger partial charge in [-0.3, -0.25) is 4.79 Å². The molecule has 0 saturated heterocycles. The largest absolute Gasteiger partial charge is 0.394 e. The lowest BCUT2D eigenvalue weighted by Gasteiger charge is -2.22. The lowest BCUT2D eigenvalue weighted by atomic mass is 10.0. The molecule has 232 valence electrons. The highest BCUT2D eigenvalue weighted by Crippen LogP contribution is 2.13. The van der Waals surface area contributed by atoms with Gasteiger partial charge in [0.05, 0.1) is 18.8 Å². The van der Waals surface area contributed by atoms with E-state index in [9.17, 15) is 15.0 Å². The average molecular weight is 560 g/mol. The van der Waals surface area contributed by atoms with Crippen molar-refractivity contribution < 1.29 is 15.0 Å². The van der Waals surface area contributed by atoms with Gasteiger partial charge in [0.25, 0.3) is 0 Å². The second-order valence-corrected chi connectivity index (χ2v) is 11.2. The lowest BCUT2D eigenvalue weighted by Crippen LogP contribution is -2.45. The fraction of sp³-hybridized carbons (Fsp3) is 0.750. The molecule has 3 N–H and O–H groups in total. The molecule has 40 heavy (non-hydrogen) atoms. The number of carbonyl (C=O) groups excluding carboxylic acids is 1. The summed E-state index contributed by atoms with van der Waals surface area (Å²) in [5.74, 6) is -0.0477. The van der Waals surface area contributed by atoms with Gasteiger partial charge in [-0.05, 0) is 51.4 Å². The van der Waals surface area contributed by atoms with E-state index in [1.54, 1.807) is 0 Å². The minimum atomic E-state index is -0.660. The number of aliphatic hydroxyl groups excluding tert-OH is 2. The van der Waals surface area contributed by atoms with Crippen molar-refractivity contribution in [2.75, 3.05) is 6.61 Å². The number of nitrogens with one attached hydrogen (secondary N) is 1. The van der Waals surface area contributed by atoms with Gasteiger partial charge < -0.3 is 15.5 Å². The van der Waals surface area contributed by atoms with E-state index in [0.29, 0.717) is 12.8 Å². The van der Waals surface area contributed by atoms with Gasteiger partial charge >= 0.3 is 0 Å². The Labute approximate surface area is 248 Å². The second-order valence-electron chi connectivity index (χ2n) is 11.2. The standard InChI is InChI=1S/C36H65NO3/c1-3-5-7-9-11-12-13-14-15-16-17-18-19-20-21-22-23-24-26-28-30-32-36(40)37-34(33-38)35(39)31-29-27-25-10-8-6-4-2/h5,7,11-12,14-15,17-18,34-35,38-39H,3-4,6,8-10,13,16,19-33H2,1-2H3,(H,37,40)/b7-5-,12-11-,15-14-,18-17-. The summed E-state index contributed by atoms with van der Waals surface area (Å²) in [5, 5.41) is 22.8. The van der Waals surface area contributed by atoms with Crippen LogP contribution >= 0.6 is 0 Å². The Morgan fingerprint density at radius 1 is 0.625 bits per heavy atom. The van der Waals surface area contributed by atoms with Crippen LogP contribution in [-0.4, -0.2) is 34.9 Å². The minimum absolute atomic E-state index is 0.0477. The summed E-state index contributed by atoms with van der Waals surface area (Å²) in [6, 6.07) is -0.538. The van der Waals surface area contributed by atoms with E-state index in [1.807, 2.05) is 0 Å². The van der Waals surface area contributed by atoms with Crippen molar-refractivity contribution in [3.05, 3.63) is 48.6 Å². The highest BCUT2D eigenvalue weighted by molar-refractivity contribution is 5.76. The third-order valence-electron chi connectivity index (χ3n) is 7.35. The van der Waals surface area contributed by atoms with Crippen LogP contribution in [0.5, 0.6) is 0 Å². The zero-order valence-corrected chi connectivity index (χ0v) is 26.3. The molecule has 0 aromatic rings. The molecule has 4 nitrogen and oxygen atoms in total. The maximum Gasteiger partial charge on any atom is 0.220 e. The van der Waals surface area contributed by atoms with E-state index < -0.39 is 12.1 Å². The predicted octanol–water partition coefficient (Wildman–Crippen LogP) is 9.67. The molecule has 0 aliphatic heterocycles. The Kier molecular flexibility index (Phi) is 30.6. The highest BCUT2D eigenvalue weighted by atomic mass is 16.3. The van der Waals surface area contributed by atoms with Crippen LogP contribution in [0.1, 0.15) is 155 Å². The molecule has 4 heteroatoms. The number of rotatable bonds is 29. The Hall–Kier alpha value is -1.65. The van der Waals surface area contributed by atoms with Crippen LogP contribution < -0.4 is 5.32 Å². The Bertz CT molecular complexity index is 652. The number of amides is 1. The number of carbonyl (C=O) groups is 1. The topological polar surface area (TPSA) is 69.6 Å². The quantitative estimate of drug-likeness (QED) is 0.0631. The zero-order chi connectivity index (χ0) is 29.4. The molecule has 0 fully saturated rings. The lowest BCUT2D eigenvalue weighted by molar-refractivity contribution is -0.123. The van der Waals surface area contributed by atoms with Crippen LogP contribution in [0.2, 0.25) is 0 Å². The van der Waals surface area contributed by atoms with E-state index >= 15 is 0 Å². The van der Waals surface area contributed by atoms with Gasteiger partial charge in [-0.1, -0.05) is 146 Å². The summed E-state index contributed by atoms with van der Waals surface area (Å²) in [6.45, 7) is 4.18. The maximum absolute atomic E-state index is 12.2. The van der Waals surface area contributed by atoms with Crippen LogP contribution in [-0.2, 0) is 4.79 Å². The van der Waals surface area contributed by atoms with E-state index in [4.69, 9.17) is 0 Å². The summed E-state index contributed by atoms with van der Waals surface area (Å²) in [5.41, 5.74) is 0. The summed E-state index contributed by atoms with van der Waals surface area (Å²) in [7, 11) is 0. The van der Waals surface area contributed by atoms with Crippen LogP contribution in [0.25, 0.3) is 0 Å². The number of allylic oxidation sites excluding steroid dienone is 8. The van der Waals surface area contributed by atoms with Gasteiger partial charge in [0.15, 0.2) is 0 Å². The molecule has 0 radical (unpaired) electrons. The summed E-state index contributed by atoms with van der Waals surface area (Å²) >= 11 is 0. The van der Waals surface area contributed by atoms with E-state index in [0.717, 1.165) is 51.4 Å². The van der Waals surface area contributed by atoms with Crippen molar-refractivity contribution in [3.63, 3.8) is 0 Å². The Morgan fingerprint density at radius 2 is 1.10 bits per heavy atom. The van der Waals surface area contributed by atoms with E-state index in [-0.39, 0.29) is 12.5 Å². The van der Waals surface area contributed by atoms with Crippen LogP contribution in [0.15, 0.2) is 48.6 Å². The van der Waals surface area contributed by atoms with Crippen molar-refractivity contribution >= 4 is 5.91 Å². The number of hydrogen-bond acceptors (Lipinski definition) is 3. The van der Waals surface area contributed by atoms with Crippen LogP contribution in [0.4, 0.5) is 0 Å². The average Bonchev–Trinajstić information content (AvgIpc) is 2.96. The minimum Gasteiger partial charge on any atom is -0.394 e. The Morgan fingerprint density at radius 3 is 1.65 bits per heavy atom. The molecule has 0 aliphatic rings. The fourth-order valence-corrected chi connectivity index (χ4v) is 4.76. The second kappa shape index (κ2) is 31.9. The molecule has 0 heterocycles. The summed E-state index contributed by atoms with van der Waals surface area (Å²) in [6.07, 6.45) is 41.7. The van der Waals surface area contributed by atoms with Gasteiger partial charge in [-0.2, -0.15) is 0 Å². The first-order valence-electron chi connectivity index (χ1n) is 16.8. The summed E-state index contributed by atoms with van der Waals surface area (Å²) in [4.78, 5) is 12.2. The predicted molar refractivity (Wildman–Crippen MR) is 175 cm³/mol. The van der Waals surface area contributed by atoms with Gasteiger partial charge in [0.2, 0.25) is 5.91 Å². The molecule has 0 aliphatic carbocycles. The van der Waals surface area contributed by atoms with Gasteiger partial charge in [0, 0.05) is 6.42 Å². The molecule has 0 aromatic carbocycles. The first-order chi connectivity index (χ1) is 19.7. The van der Waals surface area contributed by atoms with Crippen molar-refractivity contribution in [1.29, 1.82) is 0 Å². The molecule has 2 unspecified atom stereocenters. The van der Waals surface area contributed by atoms with Gasteiger partial charge in [0.1, 0.15) is 0 Å². The molecule has 0 bridgehead atoms. The molecule has 0 rings (SSSR count). The normalized spacial score (nSPS) is 13.8. The van der Waals surface area contributed by atoms with E-state index in [2.05, 4.69) is 67.8 Å². The van der Waals surface area contributed by atoms with Crippen molar-refractivity contribution in [2.24, 2.45) is 0 Å². The molecule has 0 saturated carbocycles. The monoisotopic (exact) mass is 559 g/mol. The van der Waals surface area contributed by atoms with Gasteiger partial charge in [-0.15, -0.1) is 0 Å². The SMILES string of the molecule is CC/C=C\C/C=C\C/C=C\C/C=C\CCCCCCCCCCC(=O)NC(CO)C(O)CCCCCCCCC. The number of aliphatic hydroxyl groups is 2. The smallest absolute Gasteiger partial charge is 0.220 e. The van der Waals surface area contributed by atoms with Crippen molar-refractivity contribution in [3.8, 4) is 0 Å². The molecule has 2 atom stereocenters. The van der Waals surface area contributed by atoms with Crippen molar-refractivity contribution in [2.45, 2.75) is 167 Å². The molecule has 0 aromatic heterocycles. The molecular formula is C36H65NO3. The first-order valence-corrected chi connectivity index (χ1v) is 16.8. The van der Waals surface area contributed by atoms with Crippen LogP contribution in [0.3, 0.4) is 0 Å². The molecule has 0 spiro atoms. The highest BCUT2D eigenvalue weighted by Gasteiger charge is 2.19. The molecule has 1 amide bonds. The Balaban J connectivity index is 3.58. The summed E-state index contributed by atoms with van der Waals surface area (Å²) < 4.78 is 0. The van der Waals surface area contributed by atoms with Gasteiger partial charge in [-0.25, -0.2) is 0 Å². The number of hydrogen-bond donors (Lipinski definition) is 3. The fourth-order valence-electron chi connectivity index (χ4n) is 4.76.